The van der Waals surface area contributed by atoms with Gasteiger partial charge in [-0.3, -0.25) is 4.68 Å². The van der Waals surface area contributed by atoms with Crippen molar-refractivity contribution in [3.63, 3.8) is 0 Å². The maximum Gasteiger partial charge on any atom is 0.137 e. The van der Waals surface area contributed by atoms with E-state index in [1.54, 1.807) is 13.4 Å². The van der Waals surface area contributed by atoms with Crippen molar-refractivity contribution in [3.8, 4) is 39.5 Å². The smallest absolute Gasteiger partial charge is 0.137 e. The fourth-order valence-electron chi connectivity index (χ4n) is 5.90. The predicted octanol–water partition coefficient (Wildman–Crippen LogP) is 6.74. The monoisotopic (exact) mass is 600 g/mol. The van der Waals surface area contributed by atoms with E-state index in [1.165, 1.54) is 17.4 Å². The Labute approximate surface area is 250 Å². The standard InChI is InChI=1S/C32H30F2N6O2S/c1-4-22-26-16-24(38-40(26)9-8-35-22)31-29(28-21(34)14-19(33)15-27(28)42-11-10-41-3)32-20(7-12-43-32)30(37-31)18-5-6-25-23(13-18)36-17-39(25)2/h5-7,12-17,22,35H,4,8-11H2,1-3H3. The lowest BCUT2D eigenvalue weighted by atomic mass is 9.96. The lowest BCUT2D eigenvalue weighted by Gasteiger charge is -2.23. The van der Waals surface area contributed by atoms with Gasteiger partial charge in [-0.1, -0.05) is 13.0 Å². The van der Waals surface area contributed by atoms with E-state index in [9.17, 15) is 4.39 Å². The second kappa shape index (κ2) is 11.1. The number of nitrogens with zero attached hydrogens (tertiary/aromatic N) is 5. The predicted molar refractivity (Wildman–Crippen MR) is 164 cm³/mol. The number of hydrogen-bond donors (Lipinski definition) is 1. The van der Waals surface area contributed by atoms with Crippen molar-refractivity contribution in [1.82, 2.24) is 29.6 Å². The third-order valence-electron chi connectivity index (χ3n) is 7.95. The molecule has 1 aliphatic rings. The number of imidazole rings is 1. The zero-order valence-electron chi connectivity index (χ0n) is 24.0. The molecule has 4 aromatic heterocycles. The molecule has 220 valence electrons. The minimum Gasteiger partial charge on any atom is -0.490 e. The Hall–Kier alpha value is -4.19. The van der Waals surface area contributed by atoms with Crippen LogP contribution >= 0.6 is 11.3 Å². The normalized spacial score (nSPS) is 15.0. The number of fused-ring (bicyclic) bond motifs is 3. The molecule has 1 aliphatic heterocycles. The van der Waals surface area contributed by atoms with Gasteiger partial charge in [-0.15, -0.1) is 11.3 Å². The number of aryl methyl sites for hydroxylation is 1. The average molecular weight is 601 g/mol. The minimum atomic E-state index is -0.732. The highest BCUT2D eigenvalue weighted by molar-refractivity contribution is 7.18. The third kappa shape index (κ3) is 4.77. The van der Waals surface area contributed by atoms with Crippen LogP contribution in [-0.2, 0) is 18.3 Å². The summed E-state index contributed by atoms with van der Waals surface area (Å²) >= 11 is 1.48. The molecule has 0 bridgehead atoms. The Balaban J connectivity index is 1.52. The fourth-order valence-corrected chi connectivity index (χ4v) is 6.84. The average Bonchev–Trinajstić information content (AvgIpc) is 3.75. The second-order valence-electron chi connectivity index (χ2n) is 10.6. The molecule has 7 rings (SSSR count). The highest BCUT2D eigenvalue weighted by Gasteiger charge is 2.28. The van der Waals surface area contributed by atoms with E-state index in [0.717, 1.165) is 57.1 Å². The van der Waals surface area contributed by atoms with Crippen LogP contribution in [0.5, 0.6) is 5.75 Å². The van der Waals surface area contributed by atoms with Crippen LogP contribution in [0.4, 0.5) is 8.78 Å². The molecule has 1 unspecified atom stereocenters. The van der Waals surface area contributed by atoms with E-state index in [1.807, 2.05) is 52.0 Å². The molecule has 1 atom stereocenters. The number of methoxy groups -OCH3 is 1. The van der Waals surface area contributed by atoms with Crippen LogP contribution in [0.2, 0.25) is 0 Å². The SMILES string of the molecule is CCC1NCCn2nc(-c3nc(-c4ccc5c(c4)ncn5C)c4ccsc4c3-c3c(F)cc(F)cc3OCCOC)cc21. The fraction of sp³-hybridized carbons (Fsp3) is 0.281. The number of hydrogen-bond acceptors (Lipinski definition) is 7. The van der Waals surface area contributed by atoms with Crippen molar-refractivity contribution in [3.05, 3.63) is 71.5 Å². The van der Waals surface area contributed by atoms with Gasteiger partial charge in [-0.2, -0.15) is 5.10 Å². The van der Waals surface area contributed by atoms with Gasteiger partial charge in [0.05, 0.1) is 47.5 Å². The molecule has 0 spiro atoms. The van der Waals surface area contributed by atoms with Crippen molar-refractivity contribution in [2.45, 2.75) is 25.9 Å². The van der Waals surface area contributed by atoms with Gasteiger partial charge in [-0.25, -0.2) is 18.7 Å². The molecule has 0 amide bonds. The van der Waals surface area contributed by atoms with Crippen LogP contribution in [0.1, 0.15) is 25.1 Å². The number of benzene rings is 2. The summed E-state index contributed by atoms with van der Waals surface area (Å²) in [6.07, 6.45) is 2.68. The summed E-state index contributed by atoms with van der Waals surface area (Å²) in [5.74, 6) is -1.36. The first-order valence-corrected chi connectivity index (χ1v) is 15.1. The zero-order chi connectivity index (χ0) is 29.7. The molecule has 11 heteroatoms. The Morgan fingerprint density at radius 3 is 2.79 bits per heavy atom. The molecule has 0 fully saturated rings. The highest BCUT2D eigenvalue weighted by atomic mass is 32.1. The quantitative estimate of drug-likeness (QED) is 0.195. The Kier molecular flexibility index (Phi) is 7.16. The van der Waals surface area contributed by atoms with Crippen LogP contribution in [0.3, 0.4) is 0 Å². The van der Waals surface area contributed by atoms with Gasteiger partial charge in [0.2, 0.25) is 0 Å². The van der Waals surface area contributed by atoms with Crippen molar-refractivity contribution >= 4 is 32.5 Å². The lowest BCUT2D eigenvalue weighted by molar-refractivity contribution is 0.146. The van der Waals surface area contributed by atoms with Crippen LogP contribution in [0.25, 0.3) is 54.9 Å². The van der Waals surface area contributed by atoms with E-state index in [2.05, 4.69) is 17.2 Å². The number of halogens is 2. The van der Waals surface area contributed by atoms with E-state index >= 15 is 4.39 Å². The molecule has 0 saturated heterocycles. The molecule has 0 radical (unpaired) electrons. The molecule has 8 nitrogen and oxygen atoms in total. The first-order chi connectivity index (χ1) is 21.0. The van der Waals surface area contributed by atoms with Crippen molar-refractivity contribution in [1.29, 1.82) is 0 Å². The highest BCUT2D eigenvalue weighted by Crippen LogP contribution is 2.47. The van der Waals surface area contributed by atoms with E-state index < -0.39 is 11.6 Å². The van der Waals surface area contributed by atoms with Gasteiger partial charge in [0.15, 0.2) is 0 Å². The second-order valence-corrected chi connectivity index (χ2v) is 11.5. The lowest BCUT2D eigenvalue weighted by Crippen LogP contribution is -2.33. The number of nitrogens with one attached hydrogen (secondary N) is 1. The van der Waals surface area contributed by atoms with Gasteiger partial charge >= 0.3 is 0 Å². The number of thiophene rings is 1. The minimum absolute atomic E-state index is 0.0898. The topological polar surface area (TPSA) is 79.0 Å². The summed E-state index contributed by atoms with van der Waals surface area (Å²) in [5, 5.41) is 11.3. The molecule has 43 heavy (non-hydrogen) atoms. The first kappa shape index (κ1) is 27.6. The van der Waals surface area contributed by atoms with Crippen LogP contribution in [0, 0.1) is 11.6 Å². The summed E-state index contributed by atoms with van der Waals surface area (Å²) in [6.45, 7) is 4.04. The van der Waals surface area contributed by atoms with Crippen LogP contribution < -0.4 is 10.1 Å². The molecule has 0 saturated carbocycles. The van der Waals surface area contributed by atoms with Crippen LogP contribution in [0.15, 0.2) is 54.2 Å². The largest absolute Gasteiger partial charge is 0.490 e. The van der Waals surface area contributed by atoms with Crippen molar-refractivity contribution < 1.29 is 18.3 Å². The zero-order valence-corrected chi connectivity index (χ0v) is 24.8. The van der Waals surface area contributed by atoms with Gasteiger partial charge in [0.25, 0.3) is 0 Å². The number of ether oxygens (including phenoxy) is 2. The molecule has 0 aliphatic carbocycles. The Morgan fingerprint density at radius 1 is 1.07 bits per heavy atom. The number of rotatable bonds is 8. The summed E-state index contributed by atoms with van der Waals surface area (Å²) < 4.78 is 46.4. The number of aromatic nitrogens is 5. The molecular weight excluding hydrogens is 570 g/mol. The van der Waals surface area contributed by atoms with E-state index in [4.69, 9.17) is 19.6 Å². The third-order valence-corrected chi connectivity index (χ3v) is 8.89. The van der Waals surface area contributed by atoms with Crippen LogP contribution in [-0.4, -0.2) is 51.2 Å². The maximum absolute atomic E-state index is 16.0. The van der Waals surface area contributed by atoms with E-state index in [-0.39, 0.29) is 30.6 Å². The molecular formula is C32H30F2N6O2S. The molecule has 6 aromatic rings. The Morgan fingerprint density at radius 2 is 1.95 bits per heavy atom. The first-order valence-electron chi connectivity index (χ1n) is 14.2. The van der Waals surface area contributed by atoms with E-state index in [0.29, 0.717) is 23.5 Å². The summed E-state index contributed by atoms with van der Waals surface area (Å²) in [7, 11) is 3.51. The van der Waals surface area contributed by atoms with Crippen molar-refractivity contribution in [2.24, 2.45) is 7.05 Å². The summed E-state index contributed by atoms with van der Waals surface area (Å²) in [5.41, 5.74) is 6.33. The van der Waals surface area contributed by atoms with Gasteiger partial charge in [-0.05, 0) is 36.1 Å². The molecule has 2 aromatic carbocycles. The van der Waals surface area contributed by atoms with Crippen molar-refractivity contribution in [2.75, 3.05) is 26.9 Å². The maximum atomic E-state index is 16.0. The van der Waals surface area contributed by atoms with Gasteiger partial charge < -0.3 is 19.4 Å². The summed E-state index contributed by atoms with van der Waals surface area (Å²) in [6, 6.07) is 12.3. The molecule has 1 N–H and O–H groups in total. The molecule has 5 heterocycles. The Bertz CT molecular complexity index is 1980. The van der Waals surface area contributed by atoms with Gasteiger partial charge in [0, 0.05) is 60.1 Å². The number of pyridine rings is 1. The summed E-state index contributed by atoms with van der Waals surface area (Å²) in [4.78, 5) is 9.78. The van der Waals surface area contributed by atoms with Gasteiger partial charge in [0.1, 0.15) is 35.4 Å².